The van der Waals surface area contributed by atoms with Crippen LogP contribution in [0.4, 0.5) is 17.1 Å². The third kappa shape index (κ3) is 3.57. The van der Waals surface area contributed by atoms with Gasteiger partial charge in [0.1, 0.15) is 6.07 Å². The van der Waals surface area contributed by atoms with Gasteiger partial charge in [-0.05, 0) is 57.3 Å². The molecule has 0 aliphatic rings. The van der Waals surface area contributed by atoms with Crippen LogP contribution in [0, 0.1) is 11.3 Å². The lowest BCUT2D eigenvalue weighted by Gasteiger charge is -2.29. The number of aliphatic carboxylic acids is 1. The molecule has 0 radical (unpaired) electrons. The maximum Gasteiger partial charge on any atom is 0.335 e. The summed E-state index contributed by atoms with van der Waals surface area (Å²) in [6.07, 6.45) is 0. The Labute approximate surface area is 219 Å². The van der Waals surface area contributed by atoms with Gasteiger partial charge in [0.25, 0.3) is 0 Å². The molecule has 4 heteroatoms. The minimum atomic E-state index is -1.16. The summed E-state index contributed by atoms with van der Waals surface area (Å²) in [5.41, 5.74) is 2.78. The van der Waals surface area contributed by atoms with Gasteiger partial charge in [0, 0.05) is 22.3 Å². The van der Waals surface area contributed by atoms with Crippen molar-refractivity contribution in [3.05, 3.63) is 133 Å². The second kappa shape index (κ2) is 9.24. The summed E-state index contributed by atoms with van der Waals surface area (Å²) in [5, 5.41) is 26.4. The molecule has 0 fully saturated rings. The molecular weight excluding hydrogens is 468 g/mol. The number of nitrogens with zero attached hydrogens (tertiary/aromatic N) is 2. The summed E-state index contributed by atoms with van der Waals surface area (Å²) in [7, 11) is 0. The molecule has 0 unspecified atom stereocenters. The monoisotopic (exact) mass is 490 g/mol. The zero-order chi connectivity index (χ0) is 26.2. The molecule has 1 N–H and O–H groups in total. The average Bonchev–Trinajstić information content (AvgIpc) is 2.97. The third-order valence-electron chi connectivity index (χ3n) is 6.95. The van der Waals surface area contributed by atoms with Crippen LogP contribution in [0.15, 0.2) is 122 Å². The number of nitriles is 1. The van der Waals surface area contributed by atoms with Crippen molar-refractivity contribution in [2.75, 3.05) is 4.90 Å². The summed E-state index contributed by atoms with van der Waals surface area (Å²) < 4.78 is 0. The zero-order valence-electron chi connectivity index (χ0n) is 20.4. The molecule has 0 aromatic heterocycles. The minimum absolute atomic E-state index is 0.122. The second-order valence-electron chi connectivity index (χ2n) is 9.06. The van der Waals surface area contributed by atoms with Crippen molar-refractivity contribution in [2.24, 2.45) is 0 Å². The van der Waals surface area contributed by atoms with Gasteiger partial charge in [-0.25, -0.2) is 4.79 Å². The summed E-state index contributed by atoms with van der Waals surface area (Å²) in [4.78, 5) is 14.2. The smallest absolute Gasteiger partial charge is 0.335 e. The highest BCUT2D eigenvalue weighted by molar-refractivity contribution is 6.31. The van der Waals surface area contributed by atoms with Gasteiger partial charge in [-0.15, -0.1) is 0 Å². The quantitative estimate of drug-likeness (QED) is 0.194. The highest BCUT2D eigenvalue weighted by atomic mass is 16.4. The first-order valence-electron chi connectivity index (χ1n) is 12.2. The Hall–Kier alpha value is -5.40. The number of fused-ring (bicyclic) bond motifs is 6. The standard InChI is InChI=1S/C34H22N2O2/c1-22(34(37)38)29-20-30-27-18-9-8-16-25(27)26-17-10-11-19-28(26)32(30)33(31(29)21-35)36(23-12-4-2-5-13-23)24-14-6-3-7-15-24/h2-20H,1H2,(H,37,38). The predicted octanol–water partition coefficient (Wildman–Crippen LogP) is 8.59. The van der Waals surface area contributed by atoms with Crippen molar-refractivity contribution in [3.63, 3.8) is 0 Å². The van der Waals surface area contributed by atoms with Gasteiger partial charge in [0.15, 0.2) is 0 Å². The Morgan fingerprint density at radius 2 is 1.13 bits per heavy atom. The van der Waals surface area contributed by atoms with Crippen LogP contribution in [0.1, 0.15) is 11.1 Å². The van der Waals surface area contributed by atoms with Gasteiger partial charge >= 0.3 is 5.97 Å². The third-order valence-corrected chi connectivity index (χ3v) is 6.95. The lowest BCUT2D eigenvalue weighted by Crippen LogP contribution is -2.14. The van der Waals surface area contributed by atoms with E-state index in [1.54, 1.807) is 0 Å². The molecule has 0 saturated heterocycles. The Balaban J connectivity index is 1.92. The minimum Gasteiger partial charge on any atom is -0.478 e. The lowest BCUT2D eigenvalue weighted by atomic mass is 9.87. The molecule has 0 aliphatic carbocycles. The molecule has 0 aliphatic heterocycles. The second-order valence-corrected chi connectivity index (χ2v) is 9.06. The molecule has 6 aromatic rings. The molecule has 38 heavy (non-hydrogen) atoms. The van der Waals surface area contributed by atoms with Gasteiger partial charge in [-0.3, -0.25) is 0 Å². The van der Waals surface area contributed by atoms with E-state index in [4.69, 9.17) is 0 Å². The molecule has 0 atom stereocenters. The number of hydrogen-bond acceptors (Lipinski definition) is 3. The Bertz CT molecular complexity index is 1880. The molecular formula is C34H22N2O2. The summed E-state index contributed by atoms with van der Waals surface area (Å²) in [6.45, 7) is 3.86. The van der Waals surface area contributed by atoms with Crippen LogP contribution in [-0.4, -0.2) is 11.1 Å². The van der Waals surface area contributed by atoms with E-state index >= 15 is 0 Å². The van der Waals surface area contributed by atoms with E-state index in [-0.39, 0.29) is 11.1 Å². The van der Waals surface area contributed by atoms with E-state index in [1.165, 1.54) is 0 Å². The molecule has 6 aromatic carbocycles. The van der Waals surface area contributed by atoms with Crippen LogP contribution >= 0.6 is 0 Å². The predicted molar refractivity (Wildman–Crippen MR) is 155 cm³/mol. The molecule has 0 spiro atoms. The van der Waals surface area contributed by atoms with Gasteiger partial charge in [0.05, 0.1) is 16.8 Å². The van der Waals surface area contributed by atoms with Crippen molar-refractivity contribution in [2.45, 2.75) is 0 Å². The normalized spacial score (nSPS) is 10.9. The Kier molecular flexibility index (Phi) is 5.60. The van der Waals surface area contributed by atoms with Crippen LogP contribution < -0.4 is 4.90 Å². The lowest BCUT2D eigenvalue weighted by molar-refractivity contribution is -0.130. The Morgan fingerprint density at radius 1 is 0.684 bits per heavy atom. The number of anilines is 3. The van der Waals surface area contributed by atoms with Crippen LogP contribution in [0.3, 0.4) is 0 Å². The fourth-order valence-electron chi connectivity index (χ4n) is 5.29. The number of carboxylic acids is 1. The zero-order valence-corrected chi connectivity index (χ0v) is 20.4. The number of carboxylic acid groups (broad SMARTS) is 1. The van der Waals surface area contributed by atoms with E-state index in [0.717, 1.165) is 43.7 Å². The van der Waals surface area contributed by atoms with E-state index in [2.05, 4.69) is 30.8 Å². The molecule has 0 amide bonds. The fourth-order valence-corrected chi connectivity index (χ4v) is 5.29. The van der Waals surface area contributed by atoms with Crippen molar-refractivity contribution < 1.29 is 9.90 Å². The van der Waals surface area contributed by atoms with E-state index in [0.29, 0.717) is 11.3 Å². The topological polar surface area (TPSA) is 64.3 Å². The molecule has 180 valence electrons. The molecule has 4 nitrogen and oxygen atoms in total. The summed E-state index contributed by atoms with van der Waals surface area (Å²) in [5.74, 6) is -1.16. The van der Waals surface area contributed by atoms with Crippen LogP contribution in [0.5, 0.6) is 0 Å². The first-order valence-corrected chi connectivity index (χ1v) is 12.2. The van der Waals surface area contributed by atoms with Gasteiger partial charge in [0.2, 0.25) is 0 Å². The SMILES string of the molecule is C=C(C(=O)O)c1cc2c3ccccc3c3ccccc3c2c(N(c2ccccc2)c2ccccc2)c1C#N. The van der Waals surface area contributed by atoms with Crippen molar-refractivity contribution in [1.82, 2.24) is 0 Å². The highest BCUT2D eigenvalue weighted by Crippen LogP contribution is 2.48. The van der Waals surface area contributed by atoms with Gasteiger partial charge < -0.3 is 10.0 Å². The van der Waals surface area contributed by atoms with Crippen LogP contribution in [0.25, 0.3) is 37.9 Å². The molecule has 0 bridgehead atoms. The van der Waals surface area contributed by atoms with Crippen molar-refractivity contribution >= 4 is 60.9 Å². The highest BCUT2D eigenvalue weighted by Gasteiger charge is 2.26. The van der Waals surface area contributed by atoms with Crippen molar-refractivity contribution in [1.29, 1.82) is 5.26 Å². The number of hydrogen-bond donors (Lipinski definition) is 1. The summed E-state index contributed by atoms with van der Waals surface area (Å²) in [6, 6.07) is 40.1. The van der Waals surface area contributed by atoms with Gasteiger partial charge in [-0.1, -0.05) is 91.5 Å². The van der Waals surface area contributed by atoms with Crippen LogP contribution in [0.2, 0.25) is 0 Å². The number of rotatable bonds is 5. The van der Waals surface area contributed by atoms with E-state index in [1.807, 2.05) is 102 Å². The number of benzene rings is 6. The van der Waals surface area contributed by atoms with Crippen molar-refractivity contribution in [3.8, 4) is 6.07 Å². The van der Waals surface area contributed by atoms with E-state index < -0.39 is 5.97 Å². The van der Waals surface area contributed by atoms with Crippen LogP contribution in [-0.2, 0) is 4.79 Å². The first kappa shape index (κ1) is 23.0. The Morgan fingerprint density at radius 3 is 1.63 bits per heavy atom. The van der Waals surface area contributed by atoms with E-state index in [9.17, 15) is 15.2 Å². The number of para-hydroxylation sites is 2. The maximum atomic E-state index is 12.2. The summed E-state index contributed by atoms with van der Waals surface area (Å²) >= 11 is 0. The largest absolute Gasteiger partial charge is 0.478 e. The fraction of sp³-hybridized carbons (Fsp3) is 0. The molecule has 0 saturated carbocycles. The maximum absolute atomic E-state index is 12.2. The average molecular weight is 491 g/mol. The molecule has 0 heterocycles. The first-order chi connectivity index (χ1) is 18.6. The van der Waals surface area contributed by atoms with Gasteiger partial charge in [-0.2, -0.15) is 5.26 Å². The number of carbonyl (C=O) groups is 1. The molecule has 6 rings (SSSR count).